The predicted octanol–water partition coefficient (Wildman–Crippen LogP) is 4.54. The summed E-state index contributed by atoms with van der Waals surface area (Å²) >= 11 is 9.58. The Morgan fingerprint density at radius 3 is 2.70 bits per heavy atom. The van der Waals surface area contributed by atoms with Gasteiger partial charge in [-0.25, -0.2) is 9.97 Å². The third-order valence-electron chi connectivity index (χ3n) is 3.24. The van der Waals surface area contributed by atoms with Crippen molar-refractivity contribution >= 4 is 38.7 Å². The summed E-state index contributed by atoms with van der Waals surface area (Å²) in [6.45, 7) is 4.05. The van der Waals surface area contributed by atoms with E-state index in [1.165, 1.54) is 0 Å². The fraction of sp³-hybridized carbons (Fsp3) is 0.200. The zero-order valence-corrected chi connectivity index (χ0v) is 13.5. The molecule has 3 aromatic rings. The van der Waals surface area contributed by atoms with Gasteiger partial charge in [0.1, 0.15) is 11.3 Å². The van der Waals surface area contributed by atoms with Crippen LogP contribution in [0, 0.1) is 13.8 Å². The highest BCUT2D eigenvalue weighted by Gasteiger charge is 2.14. The van der Waals surface area contributed by atoms with Crippen molar-refractivity contribution in [1.82, 2.24) is 14.5 Å². The molecular weight excluding hydrogens is 338 g/mol. The normalized spacial score (nSPS) is 11.2. The molecule has 0 saturated heterocycles. The minimum Gasteiger partial charge on any atom is -0.279 e. The monoisotopic (exact) mass is 349 g/mol. The van der Waals surface area contributed by atoms with Gasteiger partial charge in [0.25, 0.3) is 0 Å². The number of rotatable bonds is 2. The summed E-state index contributed by atoms with van der Waals surface area (Å²) in [7, 11) is 0. The molecule has 0 aliphatic rings. The second-order valence-electron chi connectivity index (χ2n) is 4.72. The molecule has 3 nitrogen and oxygen atoms in total. The molecule has 0 radical (unpaired) electrons. The van der Waals surface area contributed by atoms with Crippen LogP contribution in [0.4, 0.5) is 0 Å². The van der Waals surface area contributed by atoms with Crippen LogP contribution < -0.4 is 0 Å². The van der Waals surface area contributed by atoms with Crippen molar-refractivity contribution in [1.29, 1.82) is 0 Å². The van der Waals surface area contributed by atoms with Crippen molar-refractivity contribution in [3.63, 3.8) is 0 Å². The van der Waals surface area contributed by atoms with E-state index in [0.29, 0.717) is 5.88 Å². The summed E-state index contributed by atoms with van der Waals surface area (Å²) in [5, 5.41) is 0. The third-order valence-corrected chi connectivity index (χ3v) is 3.98. The Morgan fingerprint density at radius 2 is 1.95 bits per heavy atom. The van der Waals surface area contributed by atoms with Crippen LogP contribution in [-0.4, -0.2) is 14.5 Å². The molecule has 0 amide bonds. The van der Waals surface area contributed by atoms with Gasteiger partial charge in [0.15, 0.2) is 5.65 Å². The van der Waals surface area contributed by atoms with Gasteiger partial charge in [-0.1, -0.05) is 22.0 Å². The first-order chi connectivity index (χ1) is 9.60. The van der Waals surface area contributed by atoms with Gasteiger partial charge in [0.2, 0.25) is 0 Å². The molecular formula is C15H13BrClN3. The molecule has 0 atom stereocenters. The van der Waals surface area contributed by atoms with Crippen LogP contribution in [0.1, 0.15) is 17.1 Å². The van der Waals surface area contributed by atoms with Crippen molar-refractivity contribution in [2.45, 2.75) is 19.7 Å². The summed E-state index contributed by atoms with van der Waals surface area (Å²) in [6, 6.07) is 10.1. The standard InChI is InChI=1S/C15H13BrClN3/c1-9-3-5-11(16)7-13(9)20-14(8-17)19-12-6-4-10(2)18-15(12)20/h3-7H,8H2,1-2H3. The second-order valence-corrected chi connectivity index (χ2v) is 5.91. The SMILES string of the molecule is Cc1ccc2nc(CCl)n(-c3cc(Br)ccc3C)c2n1. The van der Waals surface area contributed by atoms with Crippen molar-refractivity contribution in [2.75, 3.05) is 0 Å². The number of pyridine rings is 1. The second kappa shape index (κ2) is 5.19. The molecule has 20 heavy (non-hydrogen) atoms. The lowest BCUT2D eigenvalue weighted by molar-refractivity contribution is 0.956. The molecule has 5 heteroatoms. The van der Waals surface area contributed by atoms with E-state index in [1.54, 1.807) is 0 Å². The smallest absolute Gasteiger partial charge is 0.164 e. The van der Waals surface area contributed by atoms with Gasteiger partial charge >= 0.3 is 0 Å². The van der Waals surface area contributed by atoms with Crippen LogP contribution >= 0.6 is 27.5 Å². The van der Waals surface area contributed by atoms with Crippen LogP contribution in [0.3, 0.4) is 0 Å². The zero-order valence-electron chi connectivity index (χ0n) is 11.2. The number of halogens is 2. The average molecular weight is 351 g/mol. The molecule has 0 aliphatic carbocycles. The maximum Gasteiger partial charge on any atom is 0.164 e. The molecule has 0 saturated carbocycles. The van der Waals surface area contributed by atoms with E-state index in [-0.39, 0.29) is 0 Å². The third kappa shape index (κ3) is 2.23. The lowest BCUT2D eigenvalue weighted by Gasteiger charge is -2.11. The van der Waals surface area contributed by atoms with E-state index in [9.17, 15) is 0 Å². The van der Waals surface area contributed by atoms with Gasteiger partial charge in [-0.2, -0.15) is 0 Å². The van der Waals surface area contributed by atoms with E-state index in [2.05, 4.69) is 45.0 Å². The molecule has 0 unspecified atom stereocenters. The average Bonchev–Trinajstić information content (AvgIpc) is 2.79. The van der Waals surface area contributed by atoms with Crippen LogP contribution in [-0.2, 0) is 5.88 Å². The van der Waals surface area contributed by atoms with Gasteiger partial charge in [0, 0.05) is 10.2 Å². The number of hydrogen-bond acceptors (Lipinski definition) is 2. The molecule has 0 aliphatic heterocycles. The van der Waals surface area contributed by atoms with Gasteiger partial charge in [-0.15, -0.1) is 11.6 Å². The Kier molecular flexibility index (Phi) is 3.52. The molecule has 0 fully saturated rings. The number of imidazole rings is 1. The molecule has 0 N–H and O–H groups in total. The first-order valence-electron chi connectivity index (χ1n) is 6.27. The number of fused-ring (bicyclic) bond motifs is 1. The summed E-state index contributed by atoms with van der Waals surface area (Å²) in [5.41, 5.74) is 4.89. The van der Waals surface area contributed by atoms with E-state index in [4.69, 9.17) is 11.6 Å². The Hall–Kier alpha value is -1.39. The molecule has 2 aromatic heterocycles. The lowest BCUT2D eigenvalue weighted by Crippen LogP contribution is -2.03. The zero-order chi connectivity index (χ0) is 14.3. The predicted molar refractivity (Wildman–Crippen MR) is 85.6 cm³/mol. The molecule has 0 bridgehead atoms. The first kappa shape index (κ1) is 13.6. The number of alkyl halides is 1. The minimum absolute atomic E-state index is 0.349. The maximum atomic E-state index is 6.06. The summed E-state index contributed by atoms with van der Waals surface area (Å²) < 4.78 is 3.06. The topological polar surface area (TPSA) is 30.7 Å². The van der Waals surface area contributed by atoms with Crippen LogP contribution in [0.2, 0.25) is 0 Å². The molecule has 2 heterocycles. The molecule has 1 aromatic carbocycles. The number of nitrogens with zero attached hydrogens (tertiary/aromatic N) is 3. The quantitative estimate of drug-likeness (QED) is 0.635. The van der Waals surface area contributed by atoms with Crippen LogP contribution in [0.15, 0.2) is 34.8 Å². The Morgan fingerprint density at radius 1 is 1.15 bits per heavy atom. The Labute approximate surface area is 130 Å². The van der Waals surface area contributed by atoms with E-state index in [1.807, 2.05) is 29.7 Å². The number of hydrogen-bond donors (Lipinski definition) is 0. The number of aromatic nitrogens is 3. The molecule has 3 rings (SSSR count). The Bertz CT molecular complexity index is 795. The fourth-order valence-corrected chi connectivity index (χ4v) is 2.79. The van der Waals surface area contributed by atoms with E-state index < -0.39 is 0 Å². The van der Waals surface area contributed by atoms with Crippen LogP contribution in [0.5, 0.6) is 0 Å². The van der Waals surface area contributed by atoms with Gasteiger partial charge in [-0.05, 0) is 43.7 Å². The van der Waals surface area contributed by atoms with Crippen molar-refractivity contribution in [2.24, 2.45) is 0 Å². The lowest BCUT2D eigenvalue weighted by atomic mass is 10.2. The number of benzene rings is 1. The first-order valence-corrected chi connectivity index (χ1v) is 7.60. The number of aryl methyl sites for hydroxylation is 2. The summed E-state index contributed by atoms with van der Waals surface area (Å²) in [4.78, 5) is 9.19. The van der Waals surface area contributed by atoms with Gasteiger partial charge in [0.05, 0.1) is 11.6 Å². The minimum atomic E-state index is 0.349. The molecule has 0 spiro atoms. The van der Waals surface area contributed by atoms with E-state index >= 15 is 0 Å². The van der Waals surface area contributed by atoms with Gasteiger partial charge < -0.3 is 0 Å². The highest BCUT2D eigenvalue weighted by atomic mass is 79.9. The van der Waals surface area contributed by atoms with E-state index in [0.717, 1.165) is 38.4 Å². The van der Waals surface area contributed by atoms with Crippen molar-refractivity contribution in [3.8, 4) is 5.69 Å². The maximum absolute atomic E-state index is 6.06. The van der Waals surface area contributed by atoms with Gasteiger partial charge in [-0.3, -0.25) is 4.57 Å². The Balaban J connectivity index is 2.39. The summed E-state index contributed by atoms with van der Waals surface area (Å²) in [6.07, 6.45) is 0. The highest BCUT2D eigenvalue weighted by Crippen LogP contribution is 2.26. The highest BCUT2D eigenvalue weighted by molar-refractivity contribution is 9.10. The van der Waals surface area contributed by atoms with Crippen molar-refractivity contribution in [3.05, 3.63) is 51.9 Å². The van der Waals surface area contributed by atoms with Crippen molar-refractivity contribution < 1.29 is 0 Å². The fourth-order valence-electron chi connectivity index (χ4n) is 2.26. The molecule has 102 valence electrons. The summed E-state index contributed by atoms with van der Waals surface area (Å²) in [5.74, 6) is 1.16. The largest absolute Gasteiger partial charge is 0.279 e. The van der Waals surface area contributed by atoms with Crippen LogP contribution in [0.25, 0.3) is 16.9 Å².